The van der Waals surface area contributed by atoms with Crippen molar-refractivity contribution >= 4 is 11.8 Å². The number of carbonyl (C=O) groups is 2. The Bertz CT molecular complexity index is 267. The summed E-state index contributed by atoms with van der Waals surface area (Å²) >= 11 is 0. The predicted octanol–water partition coefficient (Wildman–Crippen LogP) is -0.643. The summed E-state index contributed by atoms with van der Waals surface area (Å²) in [6.45, 7) is 0.688. The van der Waals surface area contributed by atoms with Crippen molar-refractivity contribution in [2.75, 3.05) is 13.6 Å². The molecule has 4 nitrogen and oxygen atoms in total. The summed E-state index contributed by atoms with van der Waals surface area (Å²) in [7, 11) is 1.55. The summed E-state index contributed by atoms with van der Waals surface area (Å²) in [4.78, 5) is 23.7. The van der Waals surface area contributed by atoms with Gasteiger partial charge in [-0.1, -0.05) is 0 Å². The van der Waals surface area contributed by atoms with Gasteiger partial charge in [-0.05, 0) is 18.8 Å². The van der Waals surface area contributed by atoms with Crippen LogP contribution < -0.4 is 5.32 Å². The van der Waals surface area contributed by atoms with Gasteiger partial charge in [-0.2, -0.15) is 0 Å². The molecule has 1 N–H and O–H groups in total. The van der Waals surface area contributed by atoms with Gasteiger partial charge in [-0.15, -0.1) is 6.42 Å². The van der Waals surface area contributed by atoms with Gasteiger partial charge in [0.1, 0.15) is 6.04 Å². The minimum absolute atomic E-state index is 0.114. The van der Waals surface area contributed by atoms with E-state index in [2.05, 4.69) is 5.32 Å². The minimum Gasteiger partial charge on any atom is -0.354 e. The number of nitrogens with one attached hydrogen (secondary N) is 1. The van der Waals surface area contributed by atoms with Crippen molar-refractivity contribution in [2.24, 2.45) is 0 Å². The zero-order valence-electron chi connectivity index (χ0n) is 7.54. The fourth-order valence-corrected chi connectivity index (χ4v) is 1.37. The first-order chi connectivity index (χ1) is 6.16. The lowest BCUT2D eigenvalue weighted by atomic mass is 10.1. The Morgan fingerprint density at radius 1 is 1.77 bits per heavy atom. The normalized spacial score (nSPS) is 21.5. The molecule has 1 fully saturated rings. The molecule has 1 unspecified atom stereocenters. The van der Waals surface area contributed by atoms with Crippen molar-refractivity contribution in [1.82, 2.24) is 10.2 Å². The van der Waals surface area contributed by atoms with E-state index in [-0.39, 0.29) is 5.91 Å². The molecule has 1 aliphatic rings. The molecule has 70 valence electrons. The molecule has 0 aromatic heterocycles. The molecular weight excluding hydrogens is 168 g/mol. The molecule has 0 aromatic carbocycles. The van der Waals surface area contributed by atoms with E-state index in [1.165, 1.54) is 4.90 Å². The molecule has 2 amide bonds. The van der Waals surface area contributed by atoms with Crippen LogP contribution in [-0.2, 0) is 9.59 Å². The third-order valence-corrected chi connectivity index (χ3v) is 2.17. The molecule has 13 heavy (non-hydrogen) atoms. The first-order valence-corrected chi connectivity index (χ1v) is 4.18. The van der Waals surface area contributed by atoms with E-state index in [9.17, 15) is 9.59 Å². The van der Waals surface area contributed by atoms with Crippen LogP contribution in [0.3, 0.4) is 0 Å². The molecule has 1 aliphatic heterocycles. The largest absolute Gasteiger partial charge is 0.354 e. The van der Waals surface area contributed by atoms with Crippen LogP contribution in [0.2, 0.25) is 0 Å². The number of likely N-dealkylation sites (N-methyl/N-ethyl adjacent to an activating group) is 1. The van der Waals surface area contributed by atoms with Gasteiger partial charge in [-0.3, -0.25) is 9.59 Å². The maximum absolute atomic E-state index is 11.3. The van der Waals surface area contributed by atoms with Crippen molar-refractivity contribution in [2.45, 2.75) is 18.9 Å². The number of hydrogen-bond donors (Lipinski definition) is 1. The summed E-state index contributed by atoms with van der Waals surface area (Å²) in [5.41, 5.74) is 0. The van der Waals surface area contributed by atoms with E-state index in [0.29, 0.717) is 13.0 Å². The highest BCUT2D eigenvalue weighted by atomic mass is 16.2. The van der Waals surface area contributed by atoms with E-state index in [1.807, 2.05) is 5.92 Å². The average Bonchev–Trinajstić information content (AvgIpc) is 2.16. The fraction of sp³-hybridized carbons (Fsp3) is 0.556. The van der Waals surface area contributed by atoms with Crippen LogP contribution in [0.25, 0.3) is 0 Å². The van der Waals surface area contributed by atoms with Crippen molar-refractivity contribution in [3.63, 3.8) is 0 Å². The molecule has 1 atom stereocenters. The average molecular weight is 180 g/mol. The fourth-order valence-electron chi connectivity index (χ4n) is 1.37. The lowest BCUT2D eigenvalue weighted by Crippen LogP contribution is -2.50. The molecule has 0 saturated carbocycles. The number of carbonyl (C=O) groups excluding carboxylic acids is 2. The summed E-state index contributed by atoms with van der Waals surface area (Å²) in [5, 5.41) is 2.69. The van der Waals surface area contributed by atoms with Crippen molar-refractivity contribution in [3.8, 4) is 12.3 Å². The van der Waals surface area contributed by atoms with Gasteiger partial charge < -0.3 is 10.2 Å². The quantitative estimate of drug-likeness (QED) is 0.545. The molecule has 4 heteroatoms. The van der Waals surface area contributed by atoms with E-state index >= 15 is 0 Å². The first-order valence-electron chi connectivity index (χ1n) is 4.18. The number of piperidine rings is 1. The van der Waals surface area contributed by atoms with Crippen molar-refractivity contribution in [3.05, 3.63) is 0 Å². The Balaban J connectivity index is 2.65. The second kappa shape index (κ2) is 3.94. The molecule has 0 aliphatic carbocycles. The van der Waals surface area contributed by atoms with Crippen LogP contribution in [0.15, 0.2) is 0 Å². The molecule has 0 aromatic rings. The zero-order valence-corrected chi connectivity index (χ0v) is 7.54. The second-order valence-corrected chi connectivity index (χ2v) is 3.01. The van der Waals surface area contributed by atoms with Crippen LogP contribution in [0, 0.1) is 12.3 Å². The van der Waals surface area contributed by atoms with Crippen LogP contribution in [0.5, 0.6) is 0 Å². The topological polar surface area (TPSA) is 49.4 Å². The highest BCUT2D eigenvalue weighted by molar-refractivity contribution is 5.96. The molecular formula is C9H12N2O2. The van der Waals surface area contributed by atoms with Crippen LogP contribution >= 0.6 is 0 Å². The monoisotopic (exact) mass is 180 g/mol. The van der Waals surface area contributed by atoms with Crippen LogP contribution in [-0.4, -0.2) is 36.3 Å². The third kappa shape index (κ3) is 2.00. The minimum atomic E-state index is -0.443. The van der Waals surface area contributed by atoms with Crippen LogP contribution in [0.1, 0.15) is 12.8 Å². The second-order valence-electron chi connectivity index (χ2n) is 3.01. The SMILES string of the molecule is C#CC(=O)N(C)C1CCCNC1=O. The van der Waals surface area contributed by atoms with Crippen molar-refractivity contribution < 1.29 is 9.59 Å². The Hall–Kier alpha value is -1.50. The molecule has 1 heterocycles. The summed E-state index contributed by atoms with van der Waals surface area (Å²) in [6.07, 6.45) is 6.53. The van der Waals surface area contributed by atoms with Gasteiger partial charge in [0.15, 0.2) is 0 Å². The number of terminal acetylenes is 1. The molecule has 0 radical (unpaired) electrons. The Morgan fingerprint density at radius 2 is 2.46 bits per heavy atom. The van der Waals surface area contributed by atoms with Gasteiger partial charge in [0.05, 0.1) is 0 Å². The Kier molecular flexibility index (Phi) is 2.91. The summed E-state index contributed by atoms with van der Waals surface area (Å²) in [6, 6.07) is -0.391. The maximum Gasteiger partial charge on any atom is 0.298 e. The molecule has 0 bridgehead atoms. The van der Waals surface area contributed by atoms with E-state index < -0.39 is 11.9 Å². The molecule has 0 spiro atoms. The van der Waals surface area contributed by atoms with Crippen molar-refractivity contribution in [1.29, 1.82) is 0 Å². The summed E-state index contributed by atoms with van der Waals surface area (Å²) < 4.78 is 0. The number of rotatable bonds is 1. The summed E-state index contributed by atoms with van der Waals surface area (Å²) in [5.74, 6) is 1.43. The highest BCUT2D eigenvalue weighted by Gasteiger charge is 2.27. The van der Waals surface area contributed by atoms with E-state index in [4.69, 9.17) is 6.42 Å². The first kappa shape index (κ1) is 9.59. The molecule has 1 saturated heterocycles. The van der Waals surface area contributed by atoms with Crippen LogP contribution in [0.4, 0.5) is 0 Å². The third-order valence-electron chi connectivity index (χ3n) is 2.17. The number of nitrogens with zero attached hydrogens (tertiary/aromatic N) is 1. The standard InChI is InChI=1S/C9H12N2O2/c1-3-8(12)11(2)7-5-4-6-10-9(7)13/h1,7H,4-6H2,2H3,(H,10,13). The number of hydrogen-bond acceptors (Lipinski definition) is 2. The zero-order chi connectivity index (χ0) is 9.84. The lowest BCUT2D eigenvalue weighted by molar-refractivity contribution is -0.136. The van der Waals surface area contributed by atoms with Gasteiger partial charge in [0.2, 0.25) is 5.91 Å². The van der Waals surface area contributed by atoms with Gasteiger partial charge in [0.25, 0.3) is 5.91 Å². The maximum atomic E-state index is 11.3. The van der Waals surface area contributed by atoms with Gasteiger partial charge >= 0.3 is 0 Å². The van der Waals surface area contributed by atoms with E-state index in [0.717, 1.165) is 6.42 Å². The van der Waals surface area contributed by atoms with E-state index in [1.54, 1.807) is 7.05 Å². The molecule has 1 rings (SSSR count). The van der Waals surface area contributed by atoms with Gasteiger partial charge in [0, 0.05) is 13.6 Å². The number of amides is 2. The highest BCUT2D eigenvalue weighted by Crippen LogP contribution is 2.09. The smallest absolute Gasteiger partial charge is 0.298 e. The Morgan fingerprint density at radius 3 is 3.00 bits per heavy atom. The predicted molar refractivity (Wildman–Crippen MR) is 47.6 cm³/mol. The lowest BCUT2D eigenvalue weighted by Gasteiger charge is -2.28. The Labute approximate surface area is 77.3 Å². The van der Waals surface area contributed by atoms with Gasteiger partial charge in [-0.25, -0.2) is 0 Å².